The summed E-state index contributed by atoms with van der Waals surface area (Å²) >= 11 is 0. The third kappa shape index (κ3) is 5.06. The van der Waals surface area contributed by atoms with E-state index in [1.807, 2.05) is 41.8 Å². The Morgan fingerprint density at radius 3 is 2.65 bits per heavy atom. The highest BCUT2D eigenvalue weighted by molar-refractivity contribution is 5.92. The number of aromatic nitrogens is 3. The maximum atomic E-state index is 12.8. The molecular formula is C23H31N5O3. The van der Waals surface area contributed by atoms with E-state index in [1.165, 1.54) is 0 Å². The van der Waals surface area contributed by atoms with Crippen LogP contribution in [-0.4, -0.2) is 69.2 Å². The van der Waals surface area contributed by atoms with Gasteiger partial charge in [0.05, 0.1) is 12.3 Å². The summed E-state index contributed by atoms with van der Waals surface area (Å²) in [5, 5.41) is 4.28. The van der Waals surface area contributed by atoms with Crippen molar-refractivity contribution in [1.82, 2.24) is 24.6 Å². The fourth-order valence-corrected chi connectivity index (χ4v) is 4.54. The Morgan fingerprint density at radius 1 is 1.19 bits per heavy atom. The lowest BCUT2D eigenvalue weighted by Gasteiger charge is -2.34. The highest BCUT2D eigenvalue weighted by Crippen LogP contribution is 2.25. The van der Waals surface area contributed by atoms with Gasteiger partial charge in [-0.2, -0.15) is 5.10 Å². The first kappa shape index (κ1) is 21.3. The van der Waals surface area contributed by atoms with Crippen LogP contribution in [0.3, 0.4) is 0 Å². The van der Waals surface area contributed by atoms with Crippen molar-refractivity contribution in [2.75, 3.05) is 32.8 Å². The van der Waals surface area contributed by atoms with Gasteiger partial charge in [-0.05, 0) is 50.3 Å². The molecule has 4 rings (SSSR count). The zero-order chi connectivity index (χ0) is 22.0. The van der Waals surface area contributed by atoms with Crippen LogP contribution in [0.25, 0.3) is 0 Å². The van der Waals surface area contributed by atoms with Gasteiger partial charge in [-0.15, -0.1) is 0 Å². The SMILES string of the molecule is Cc1ccnc(OCC2CC(=O)N(CC3CCN(C(=O)c4cc(C)nn4C)CC3)C2)c1. The lowest BCUT2D eigenvalue weighted by atomic mass is 9.96. The van der Waals surface area contributed by atoms with Crippen molar-refractivity contribution >= 4 is 11.8 Å². The maximum absolute atomic E-state index is 12.8. The zero-order valence-corrected chi connectivity index (χ0v) is 18.6. The van der Waals surface area contributed by atoms with Gasteiger partial charge in [0.15, 0.2) is 0 Å². The van der Waals surface area contributed by atoms with Crippen molar-refractivity contribution in [3.8, 4) is 5.88 Å². The summed E-state index contributed by atoms with van der Waals surface area (Å²) in [5.74, 6) is 1.49. The molecule has 2 fully saturated rings. The van der Waals surface area contributed by atoms with Gasteiger partial charge >= 0.3 is 0 Å². The molecule has 8 heteroatoms. The molecule has 0 saturated carbocycles. The highest BCUT2D eigenvalue weighted by atomic mass is 16.5. The summed E-state index contributed by atoms with van der Waals surface area (Å²) in [5.41, 5.74) is 2.60. The Kier molecular flexibility index (Phi) is 6.25. The summed E-state index contributed by atoms with van der Waals surface area (Å²) in [7, 11) is 1.81. The second-order valence-corrected chi connectivity index (χ2v) is 8.88. The molecule has 0 aromatic carbocycles. The number of ether oxygens (including phenoxy) is 1. The molecule has 2 aliphatic heterocycles. The Balaban J connectivity index is 1.23. The molecule has 2 aliphatic rings. The van der Waals surface area contributed by atoms with Gasteiger partial charge in [-0.3, -0.25) is 14.3 Å². The van der Waals surface area contributed by atoms with Gasteiger partial charge in [0.1, 0.15) is 5.69 Å². The molecule has 31 heavy (non-hydrogen) atoms. The van der Waals surface area contributed by atoms with Gasteiger partial charge < -0.3 is 14.5 Å². The number of piperidine rings is 1. The Morgan fingerprint density at radius 2 is 1.97 bits per heavy atom. The quantitative estimate of drug-likeness (QED) is 0.709. The largest absolute Gasteiger partial charge is 0.477 e. The first-order valence-electron chi connectivity index (χ1n) is 11.0. The lowest BCUT2D eigenvalue weighted by Crippen LogP contribution is -2.42. The van der Waals surface area contributed by atoms with Gasteiger partial charge in [0, 0.05) is 57.8 Å². The van der Waals surface area contributed by atoms with E-state index in [4.69, 9.17) is 4.74 Å². The van der Waals surface area contributed by atoms with Crippen molar-refractivity contribution in [3.63, 3.8) is 0 Å². The van der Waals surface area contributed by atoms with Crippen LogP contribution >= 0.6 is 0 Å². The molecule has 0 bridgehead atoms. The first-order chi connectivity index (χ1) is 14.9. The van der Waals surface area contributed by atoms with Crippen LogP contribution in [0.1, 0.15) is 41.0 Å². The first-order valence-corrected chi connectivity index (χ1v) is 11.0. The average Bonchev–Trinajstić information content (AvgIpc) is 3.27. The molecule has 166 valence electrons. The molecule has 0 spiro atoms. The van der Waals surface area contributed by atoms with E-state index in [1.54, 1.807) is 17.9 Å². The van der Waals surface area contributed by atoms with Crippen LogP contribution in [0.5, 0.6) is 5.88 Å². The second kappa shape index (κ2) is 9.08. The number of aryl methyl sites for hydroxylation is 3. The number of carbonyl (C=O) groups excluding carboxylic acids is 2. The van der Waals surface area contributed by atoms with Crippen molar-refractivity contribution < 1.29 is 14.3 Å². The summed E-state index contributed by atoms with van der Waals surface area (Å²) in [6, 6.07) is 5.69. The topological polar surface area (TPSA) is 80.6 Å². The van der Waals surface area contributed by atoms with E-state index >= 15 is 0 Å². The van der Waals surface area contributed by atoms with Gasteiger partial charge in [0.2, 0.25) is 11.8 Å². The predicted molar refractivity (Wildman–Crippen MR) is 116 cm³/mol. The number of likely N-dealkylation sites (tertiary alicyclic amines) is 2. The number of hydrogen-bond acceptors (Lipinski definition) is 5. The molecule has 2 saturated heterocycles. The minimum absolute atomic E-state index is 0.0424. The molecule has 8 nitrogen and oxygen atoms in total. The summed E-state index contributed by atoms with van der Waals surface area (Å²) in [6.45, 7) is 7.36. The van der Waals surface area contributed by atoms with E-state index in [0.717, 1.165) is 50.3 Å². The van der Waals surface area contributed by atoms with Crippen molar-refractivity contribution in [1.29, 1.82) is 0 Å². The molecule has 2 aromatic heterocycles. The Labute approximate surface area is 183 Å². The monoisotopic (exact) mass is 425 g/mol. The number of pyridine rings is 1. The van der Waals surface area contributed by atoms with Crippen LogP contribution < -0.4 is 4.74 Å². The molecule has 0 aliphatic carbocycles. The number of rotatable bonds is 6. The smallest absolute Gasteiger partial charge is 0.272 e. The van der Waals surface area contributed by atoms with Crippen molar-refractivity contribution in [2.45, 2.75) is 33.1 Å². The number of amides is 2. The van der Waals surface area contributed by atoms with Gasteiger partial charge in [0.25, 0.3) is 5.91 Å². The van der Waals surface area contributed by atoms with Crippen LogP contribution in [0, 0.1) is 25.7 Å². The van der Waals surface area contributed by atoms with Gasteiger partial charge in [-0.1, -0.05) is 0 Å². The van der Waals surface area contributed by atoms with E-state index < -0.39 is 0 Å². The molecule has 2 amide bonds. The minimum Gasteiger partial charge on any atom is -0.477 e. The van der Waals surface area contributed by atoms with Crippen molar-refractivity contribution in [2.24, 2.45) is 18.9 Å². The molecule has 0 radical (unpaired) electrons. The third-order valence-electron chi connectivity index (χ3n) is 6.25. The average molecular weight is 426 g/mol. The van der Waals surface area contributed by atoms with Crippen LogP contribution in [0.2, 0.25) is 0 Å². The molecule has 1 atom stereocenters. The fraction of sp³-hybridized carbons (Fsp3) is 0.565. The van der Waals surface area contributed by atoms with E-state index in [-0.39, 0.29) is 17.7 Å². The molecule has 0 N–H and O–H groups in total. The number of hydrogen-bond donors (Lipinski definition) is 0. The van der Waals surface area contributed by atoms with Crippen LogP contribution in [0.15, 0.2) is 24.4 Å². The Bertz CT molecular complexity index is 948. The van der Waals surface area contributed by atoms with Crippen molar-refractivity contribution in [3.05, 3.63) is 41.3 Å². The molecule has 4 heterocycles. The maximum Gasteiger partial charge on any atom is 0.272 e. The van der Waals surface area contributed by atoms with E-state index in [2.05, 4.69) is 10.1 Å². The van der Waals surface area contributed by atoms with Gasteiger partial charge in [-0.25, -0.2) is 4.98 Å². The highest BCUT2D eigenvalue weighted by Gasteiger charge is 2.33. The standard InChI is InChI=1S/C23H31N5O3/c1-16-4-7-24-21(10-16)31-15-19-12-22(29)28(14-19)13-18-5-8-27(9-6-18)23(30)20-11-17(2)25-26(20)3/h4,7,10-11,18-19H,5-6,8-9,12-15H2,1-3H3. The summed E-state index contributed by atoms with van der Waals surface area (Å²) in [4.78, 5) is 33.4. The third-order valence-corrected chi connectivity index (χ3v) is 6.25. The molecular weight excluding hydrogens is 394 g/mol. The molecule has 2 aromatic rings. The second-order valence-electron chi connectivity index (χ2n) is 8.88. The Hall–Kier alpha value is -2.90. The normalized spacial score (nSPS) is 19.8. The van der Waals surface area contributed by atoms with E-state index in [9.17, 15) is 9.59 Å². The van der Waals surface area contributed by atoms with E-state index in [0.29, 0.717) is 30.5 Å². The fourth-order valence-electron chi connectivity index (χ4n) is 4.54. The number of nitrogens with zero attached hydrogens (tertiary/aromatic N) is 5. The minimum atomic E-state index is 0.0424. The molecule has 1 unspecified atom stereocenters. The van der Waals surface area contributed by atoms with Crippen LogP contribution in [-0.2, 0) is 11.8 Å². The summed E-state index contributed by atoms with van der Waals surface area (Å²) < 4.78 is 7.46. The lowest BCUT2D eigenvalue weighted by molar-refractivity contribution is -0.128. The zero-order valence-electron chi connectivity index (χ0n) is 18.6. The summed E-state index contributed by atoms with van der Waals surface area (Å²) in [6.07, 6.45) is 4.10. The number of carbonyl (C=O) groups is 2. The van der Waals surface area contributed by atoms with Crippen LogP contribution in [0.4, 0.5) is 0 Å². The predicted octanol–water partition coefficient (Wildman–Crippen LogP) is 2.21.